The molecule has 1 heterocycles. The minimum Gasteiger partial charge on any atom is -0.272 e. The van der Waals surface area contributed by atoms with Crippen LogP contribution in [0.4, 0.5) is 0 Å². The topological polar surface area (TPSA) is 46.6 Å². The molecular formula is C6H9NO3S2. The van der Waals surface area contributed by atoms with Crippen molar-refractivity contribution in [3.8, 4) is 0 Å². The van der Waals surface area contributed by atoms with Gasteiger partial charge in [-0.25, -0.2) is 0 Å². The van der Waals surface area contributed by atoms with Crippen LogP contribution >= 0.6 is 22.5 Å². The number of rotatable bonds is 4. The highest BCUT2D eigenvalue weighted by atomic mass is 33.1. The highest BCUT2D eigenvalue weighted by Gasteiger charge is 2.29. The molecule has 0 N–H and O–H groups in total. The van der Waals surface area contributed by atoms with E-state index in [4.69, 9.17) is 4.84 Å². The number of imide groups is 1. The Morgan fingerprint density at radius 2 is 2.00 bits per heavy atom. The number of carbonyl (C=O) groups excluding carboxylic acids is 2. The molecule has 1 fully saturated rings. The van der Waals surface area contributed by atoms with E-state index >= 15 is 0 Å². The lowest BCUT2D eigenvalue weighted by Crippen LogP contribution is -2.30. The molecule has 0 bridgehead atoms. The van der Waals surface area contributed by atoms with Gasteiger partial charge in [0.15, 0.2) is 0 Å². The van der Waals surface area contributed by atoms with Crippen LogP contribution in [0.2, 0.25) is 0 Å². The molecule has 0 radical (unpaired) electrons. The second-order valence-electron chi connectivity index (χ2n) is 2.25. The van der Waals surface area contributed by atoms with Gasteiger partial charge >= 0.3 is 0 Å². The molecule has 1 saturated heterocycles. The van der Waals surface area contributed by atoms with Gasteiger partial charge in [0.1, 0.15) is 0 Å². The van der Waals surface area contributed by atoms with Gasteiger partial charge in [0.2, 0.25) is 0 Å². The Morgan fingerprint density at radius 1 is 1.42 bits per heavy atom. The lowest BCUT2D eigenvalue weighted by Gasteiger charge is -2.11. The predicted molar refractivity (Wildman–Crippen MR) is 48.5 cm³/mol. The second-order valence-corrected chi connectivity index (χ2v) is 3.69. The number of thiol groups is 1. The van der Waals surface area contributed by atoms with Gasteiger partial charge in [-0.15, -0.1) is 11.7 Å². The quantitative estimate of drug-likeness (QED) is 0.318. The Hall–Kier alpha value is -0.200. The molecule has 0 aliphatic carbocycles. The molecule has 0 atom stereocenters. The zero-order chi connectivity index (χ0) is 8.97. The Labute approximate surface area is 79.4 Å². The van der Waals surface area contributed by atoms with Gasteiger partial charge in [-0.3, -0.25) is 14.4 Å². The summed E-state index contributed by atoms with van der Waals surface area (Å²) in [6.07, 6.45) is 0.541. The first-order chi connectivity index (χ1) is 5.75. The predicted octanol–water partition coefficient (Wildman–Crippen LogP) is 0.645. The van der Waals surface area contributed by atoms with Crippen LogP contribution < -0.4 is 0 Å². The van der Waals surface area contributed by atoms with Gasteiger partial charge in [-0.1, -0.05) is 10.8 Å². The monoisotopic (exact) mass is 207 g/mol. The fourth-order valence-electron chi connectivity index (χ4n) is 0.866. The minimum atomic E-state index is -0.246. The standard InChI is InChI=1S/C6H9NO3S2/c8-5-1-2-6(9)7(5)10-3-4-12-11/h11H,1-4H2. The molecule has 0 spiro atoms. The van der Waals surface area contributed by atoms with E-state index in [0.29, 0.717) is 12.4 Å². The summed E-state index contributed by atoms with van der Waals surface area (Å²) < 4.78 is 0. The summed E-state index contributed by atoms with van der Waals surface area (Å²) in [7, 11) is 1.31. The maximum atomic E-state index is 10.9. The van der Waals surface area contributed by atoms with E-state index in [2.05, 4.69) is 11.7 Å². The molecule has 1 rings (SSSR count). The molecule has 0 aromatic rings. The molecule has 1 aliphatic heterocycles. The Bertz CT molecular complexity index is 181. The van der Waals surface area contributed by atoms with Crippen molar-refractivity contribution in [1.82, 2.24) is 5.06 Å². The van der Waals surface area contributed by atoms with Gasteiger partial charge in [-0.05, 0) is 0 Å². The van der Waals surface area contributed by atoms with Crippen molar-refractivity contribution in [2.45, 2.75) is 12.8 Å². The van der Waals surface area contributed by atoms with Crippen LogP contribution in [-0.4, -0.2) is 29.2 Å². The molecule has 68 valence electrons. The van der Waals surface area contributed by atoms with Crippen molar-refractivity contribution >= 4 is 34.3 Å². The van der Waals surface area contributed by atoms with Gasteiger partial charge in [-0.2, -0.15) is 5.06 Å². The van der Waals surface area contributed by atoms with E-state index < -0.39 is 0 Å². The summed E-state index contributed by atoms with van der Waals surface area (Å²) in [5, 5.41) is 0.851. The third-order valence-corrected chi connectivity index (χ3v) is 2.30. The largest absolute Gasteiger partial charge is 0.272 e. The molecule has 2 amide bonds. The van der Waals surface area contributed by atoms with Crippen LogP contribution in [0.15, 0.2) is 0 Å². The summed E-state index contributed by atoms with van der Waals surface area (Å²) >= 11 is 3.89. The lowest BCUT2D eigenvalue weighted by molar-refractivity contribution is -0.185. The Kier molecular flexibility index (Phi) is 3.90. The summed E-state index contributed by atoms with van der Waals surface area (Å²) in [5.74, 6) is 0.161. The number of amides is 2. The maximum Gasteiger partial charge on any atom is 0.253 e. The SMILES string of the molecule is O=C1CCC(=O)N1OCCSS. The zero-order valence-electron chi connectivity index (χ0n) is 6.36. The summed E-state index contributed by atoms with van der Waals surface area (Å²) in [5.41, 5.74) is 0. The molecule has 0 saturated carbocycles. The summed E-state index contributed by atoms with van der Waals surface area (Å²) in [6, 6.07) is 0. The van der Waals surface area contributed by atoms with Crippen molar-refractivity contribution < 1.29 is 14.4 Å². The fraction of sp³-hybridized carbons (Fsp3) is 0.667. The van der Waals surface area contributed by atoms with Crippen LogP contribution in [0.5, 0.6) is 0 Å². The van der Waals surface area contributed by atoms with Gasteiger partial charge in [0, 0.05) is 18.6 Å². The third-order valence-electron chi connectivity index (χ3n) is 1.40. The van der Waals surface area contributed by atoms with Gasteiger partial charge in [0.05, 0.1) is 6.61 Å². The minimum absolute atomic E-state index is 0.246. The molecule has 4 nitrogen and oxygen atoms in total. The van der Waals surface area contributed by atoms with Crippen molar-refractivity contribution in [2.75, 3.05) is 12.4 Å². The van der Waals surface area contributed by atoms with E-state index in [1.807, 2.05) is 0 Å². The first-order valence-corrected chi connectivity index (χ1v) is 5.54. The Morgan fingerprint density at radius 3 is 2.50 bits per heavy atom. The third kappa shape index (κ3) is 2.40. The van der Waals surface area contributed by atoms with Gasteiger partial charge in [0.25, 0.3) is 11.8 Å². The van der Waals surface area contributed by atoms with Crippen molar-refractivity contribution in [2.24, 2.45) is 0 Å². The van der Waals surface area contributed by atoms with Crippen LogP contribution in [0.3, 0.4) is 0 Å². The summed E-state index contributed by atoms with van der Waals surface area (Å²) in [6.45, 7) is 0.339. The van der Waals surface area contributed by atoms with Crippen LogP contribution in [0.25, 0.3) is 0 Å². The first-order valence-electron chi connectivity index (χ1n) is 3.51. The van der Waals surface area contributed by atoms with E-state index in [1.54, 1.807) is 0 Å². The fourth-order valence-corrected chi connectivity index (χ4v) is 1.24. The average molecular weight is 207 g/mol. The number of nitrogens with zero attached hydrogens (tertiary/aromatic N) is 1. The van der Waals surface area contributed by atoms with E-state index in [0.717, 1.165) is 5.06 Å². The first kappa shape index (κ1) is 9.88. The van der Waals surface area contributed by atoms with E-state index in [1.165, 1.54) is 10.8 Å². The van der Waals surface area contributed by atoms with Crippen LogP contribution in [0.1, 0.15) is 12.8 Å². The maximum absolute atomic E-state index is 10.9. The number of hydrogen-bond donors (Lipinski definition) is 1. The van der Waals surface area contributed by atoms with Crippen LogP contribution in [0, 0.1) is 0 Å². The molecule has 12 heavy (non-hydrogen) atoms. The molecule has 0 unspecified atom stereocenters. The molecule has 0 aromatic carbocycles. The highest BCUT2D eigenvalue weighted by Crippen LogP contribution is 2.12. The zero-order valence-corrected chi connectivity index (χ0v) is 8.07. The highest BCUT2D eigenvalue weighted by molar-refractivity contribution is 8.68. The average Bonchev–Trinajstić information content (AvgIpc) is 2.35. The van der Waals surface area contributed by atoms with Crippen LogP contribution in [-0.2, 0) is 14.4 Å². The molecule has 0 aromatic heterocycles. The van der Waals surface area contributed by atoms with Crippen molar-refractivity contribution in [3.63, 3.8) is 0 Å². The van der Waals surface area contributed by atoms with Crippen molar-refractivity contribution in [3.05, 3.63) is 0 Å². The van der Waals surface area contributed by atoms with Gasteiger partial charge < -0.3 is 0 Å². The Balaban J connectivity index is 2.30. The number of hydrogen-bond acceptors (Lipinski definition) is 5. The molecular weight excluding hydrogens is 198 g/mol. The smallest absolute Gasteiger partial charge is 0.253 e. The number of carbonyl (C=O) groups is 2. The summed E-state index contributed by atoms with van der Waals surface area (Å²) in [4.78, 5) is 26.8. The van der Waals surface area contributed by atoms with E-state index in [9.17, 15) is 9.59 Å². The van der Waals surface area contributed by atoms with E-state index in [-0.39, 0.29) is 24.7 Å². The lowest BCUT2D eigenvalue weighted by atomic mass is 10.4. The molecule has 6 heteroatoms. The second kappa shape index (κ2) is 4.74. The number of hydroxylamine groups is 2. The van der Waals surface area contributed by atoms with Crippen molar-refractivity contribution in [1.29, 1.82) is 0 Å². The molecule has 1 aliphatic rings. The normalized spacial score (nSPS) is 17.6.